The van der Waals surface area contributed by atoms with Crippen molar-refractivity contribution in [2.45, 2.75) is 25.7 Å². The summed E-state index contributed by atoms with van der Waals surface area (Å²) < 4.78 is 0. The van der Waals surface area contributed by atoms with E-state index in [1.165, 1.54) is 25.7 Å². The first-order chi connectivity index (χ1) is 9.65. The number of aromatic nitrogens is 3. The van der Waals surface area contributed by atoms with Crippen LogP contribution in [0.2, 0.25) is 0 Å². The van der Waals surface area contributed by atoms with Crippen molar-refractivity contribution in [1.82, 2.24) is 19.9 Å². The van der Waals surface area contributed by atoms with Gasteiger partial charge in [0.15, 0.2) is 5.65 Å². The van der Waals surface area contributed by atoms with Crippen molar-refractivity contribution in [3.63, 3.8) is 0 Å². The molecule has 2 aromatic heterocycles. The van der Waals surface area contributed by atoms with Gasteiger partial charge in [-0.15, -0.1) is 0 Å². The van der Waals surface area contributed by atoms with Gasteiger partial charge < -0.3 is 9.88 Å². The van der Waals surface area contributed by atoms with Gasteiger partial charge in [0.1, 0.15) is 5.69 Å². The molecule has 0 aromatic carbocycles. The Kier molecular flexibility index (Phi) is 2.31. The van der Waals surface area contributed by atoms with Crippen molar-refractivity contribution in [2.24, 2.45) is 5.41 Å². The summed E-state index contributed by atoms with van der Waals surface area (Å²) in [6.07, 6.45) is 5.07. The number of hydrogen-bond donors (Lipinski definition) is 2. The third-order valence-electron chi connectivity index (χ3n) is 4.60. The SMILES string of the molecule is O=C(c1ccc2[nH]c(=O)[nH]c2n1)N1CC2(CCCC2)C1. The number of carbonyl (C=O) groups excluding carboxylic acids is 1. The number of hydrogen-bond acceptors (Lipinski definition) is 3. The third-order valence-corrected chi connectivity index (χ3v) is 4.60. The van der Waals surface area contributed by atoms with Crippen LogP contribution in [-0.4, -0.2) is 38.8 Å². The Morgan fingerprint density at radius 1 is 1.20 bits per heavy atom. The predicted molar refractivity (Wildman–Crippen MR) is 73.5 cm³/mol. The van der Waals surface area contributed by atoms with Crippen molar-refractivity contribution in [3.8, 4) is 0 Å². The first-order valence-electron chi connectivity index (χ1n) is 7.04. The molecule has 6 nitrogen and oxygen atoms in total. The summed E-state index contributed by atoms with van der Waals surface area (Å²) >= 11 is 0. The molecule has 2 aromatic rings. The molecule has 0 radical (unpaired) electrons. The van der Waals surface area contributed by atoms with Crippen LogP contribution >= 0.6 is 0 Å². The highest BCUT2D eigenvalue weighted by Gasteiger charge is 2.46. The molecule has 0 atom stereocenters. The van der Waals surface area contributed by atoms with Crippen LogP contribution in [0.15, 0.2) is 16.9 Å². The van der Waals surface area contributed by atoms with Gasteiger partial charge in [0.25, 0.3) is 5.91 Å². The Labute approximate surface area is 115 Å². The van der Waals surface area contributed by atoms with Gasteiger partial charge in [0.2, 0.25) is 0 Å². The van der Waals surface area contributed by atoms with E-state index in [4.69, 9.17) is 0 Å². The fourth-order valence-electron chi connectivity index (χ4n) is 3.55. The molecule has 1 saturated heterocycles. The summed E-state index contributed by atoms with van der Waals surface area (Å²) in [5, 5.41) is 0. The molecule has 4 rings (SSSR count). The Balaban J connectivity index is 1.57. The lowest BCUT2D eigenvalue weighted by Crippen LogP contribution is -2.57. The number of pyridine rings is 1. The molecule has 3 heterocycles. The normalized spacial score (nSPS) is 20.5. The van der Waals surface area contributed by atoms with Crippen molar-refractivity contribution >= 4 is 17.1 Å². The number of carbonyl (C=O) groups is 1. The van der Waals surface area contributed by atoms with E-state index in [-0.39, 0.29) is 11.6 Å². The number of nitrogens with one attached hydrogen (secondary N) is 2. The van der Waals surface area contributed by atoms with E-state index in [9.17, 15) is 9.59 Å². The maximum atomic E-state index is 12.4. The maximum absolute atomic E-state index is 12.4. The fraction of sp³-hybridized carbons (Fsp3) is 0.500. The van der Waals surface area contributed by atoms with Crippen LogP contribution in [0.3, 0.4) is 0 Å². The molecular formula is C14H16N4O2. The van der Waals surface area contributed by atoms with Gasteiger partial charge in [-0.2, -0.15) is 0 Å². The lowest BCUT2D eigenvalue weighted by atomic mass is 9.78. The Morgan fingerprint density at radius 2 is 1.95 bits per heavy atom. The summed E-state index contributed by atoms with van der Waals surface area (Å²) in [7, 11) is 0. The van der Waals surface area contributed by atoms with E-state index in [2.05, 4.69) is 15.0 Å². The minimum absolute atomic E-state index is 0.0357. The number of likely N-dealkylation sites (tertiary alicyclic amines) is 1. The molecule has 1 spiro atoms. The van der Waals surface area contributed by atoms with Crippen molar-refractivity contribution in [1.29, 1.82) is 0 Å². The molecule has 6 heteroatoms. The Bertz CT molecular complexity index is 731. The second-order valence-corrected chi connectivity index (χ2v) is 6.04. The highest BCUT2D eigenvalue weighted by molar-refractivity contribution is 5.94. The second kappa shape index (κ2) is 3.94. The second-order valence-electron chi connectivity index (χ2n) is 6.04. The van der Waals surface area contributed by atoms with Gasteiger partial charge >= 0.3 is 5.69 Å². The van der Waals surface area contributed by atoms with Gasteiger partial charge in [-0.1, -0.05) is 12.8 Å². The van der Waals surface area contributed by atoms with Crippen molar-refractivity contribution in [2.75, 3.05) is 13.1 Å². The van der Waals surface area contributed by atoms with Crippen LogP contribution in [0.1, 0.15) is 36.2 Å². The van der Waals surface area contributed by atoms with Crippen LogP contribution in [-0.2, 0) is 0 Å². The molecule has 104 valence electrons. The molecule has 2 aliphatic rings. The van der Waals surface area contributed by atoms with Crippen LogP contribution < -0.4 is 5.69 Å². The number of imidazole rings is 1. The zero-order valence-corrected chi connectivity index (χ0v) is 11.1. The molecule has 2 N–H and O–H groups in total. The average Bonchev–Trinajstić information content (AvgIpc) is 3.00. The lowest BCUT2D eigenvalue weighted by Gasteiger charge is -2.48. The number of H-pyrrole nitrogens is 2. The number of amides is 1. The van der Waals surface area contributed by atoms with Crippen LogP contribution in [0, 0.1) is 5.41 Å². The lowest BCUT2D eigenvalue weighted by molar-refractivity contribution is 0.00889. The van der Waals surface area contributed by atoms with Gasteiger partial charge in [-0.25, -0.2) is 9.78 Å². The Hall–Kier alpha value is -2.11. The van der Waals surface area contributed by atoms with E-state index in [0.717, 1.165) is 13.1 Å². The van der Waals surface area contributed by atoms with E-state index < -0.39 is 0 Å². The minimum atomic E-state index is -0.300. The molecule has 1 aliphatic carbocycles. The summed E-state index contributed by atoms with van der Waals surface area (Å²) in [5.41, 5.74) is 1.56. The number of nitrogens with zero attached hydrogens (tertiary/aromatic N) is 2. The van der Waals surface area contributed by atoms with E-state index in [0.29, 0.717) is 22.3 Å². The quantitative estimate of drug-likeness (QED) is 0.820. The molecule has 2 fully saturated rings. The zero-order valence-electron chi connectivity index (χ0n) is 11.1. The number of rotatable bonds is 1. The standard InChI is InChI=1S/C14H16N4O2/c19-12(18-7-14(8-18)5-1-2-6-14)10-4-3-9-11(15-10)17-13(20)16-9/h3-4H,1-2,5-8H2,(H2,15,16,17,20). The highest BCUT2D eigenvalue weighted by Crippen LogP contribution is 2.45. The topological polar surface area (TPSA) is 81.8 Å². The number of fused-ring (bicyclic) bond motifs is 1. The number of aromatic amines is 2. The molecule has 20 heavy (non-hydrogen) atoms. The predicted octanol–water partition coefficient (Wildman–Crippen LogP) is 1.27. The minimum Gasteiger partial charge on any atom is -0.336 e. The summed E-state index contributed by atoms with van der Waals surface area (Å²) in [6.45, 7) is 1.71. The molecule has 1 saturated carbocycles. The smallest absolute Gasteiger partial charge is 0.325 e. The van der Waals surface area contributed by atoms with E-state index >= 15 is 0 Å². The third kappa shape index (κ3) is 1.67. The average molecular weight is 272 g/mol. The van der Waals surface area contributed by atoms with Gasteiger partial charge in [0.05, 0.1) is 5.52 Å². The van der Waals surface area contributed by atoms with Crippen LogP contribution in [0.25, 0.3) is 11.2 Å². The monoisotopic (exact) mass is 272 g/mol. The van der Waals surface area contributed by atoms with Crippen LogP contribution in [0.5, 0.6) is 0 Å². The largest absolute Gasteiger partial charge is 0.336 e. The maximum Gasteiger partial charge on any atom is 0.325 e. The van der Waals surface area contributed by atoms with E-state index in [1.54, 1.807) is 12.1 Å². The van der Waals surface area contributed by atoms with Gasteiger partial charge in [0, 0.05) is 18.5 Å². The molecule has 0 unspecified atom stereocenters. The zero-order chi connectivity index (χ0) is 13.7. The van der Waals surface area contributed by atoms with Crippen LogP contribution in [0.4, 0.5) is 0 Å². The molecule has 1 aliphatic heterocycles. The van der Waals surface area contributed by atoms with Gasteiger partial charge in [-0.05, 0) is 25.0 Å². The fourth-order valence-corrected chi connectivity index (χ4v) is 3.55. The molecule has 1 amide bonds. The highest BCUT2D eigenvalue weighted by atomic mass is 16.2. The first kappa shape index (κ1) is 11.7. The van der Waals surface area contributed by atoms with Crippen molar-refractivity contribution in [3.05, 3.63) is 28.3 Å². The Morgan fingerprint density at radius 3 is 2.70 bits per heavy atom. The summed E-state index contributed by atoms with van der Waals surface area (Å²) in [6, 6.07) is 3.40. The van der Waals surface area contributed by atoms with E-state index in [1.807, 2.05) is 4.90 Å². The summed E-state index contributed by atoms with van der Waals surface area (Å²) in [4.78, 5) is 34.9. The first-order valence-corrected chi connectivity index (χ1v) is 7.04. The van der Waals surface area contributed by atoms with Gasteiger partial charge in [-0.3, -0.25) is 9.78 Å². The van der Waals surface area contributed by atoms with Crippen molar-refractivity contribution < 1.29 is 4.79 Å². The molecule has 0 bridgehead atoms. The molecular weight excluding hydrogens is 256 g/mol. The summed E-state index contributed by atoms with van der Waals surface area (Å²) in [5.74, 6) is -0.0357.